The third kappa shape index (κ3) is 4.68. The van der Waals surface area contributed by atoms with Crippen molar-refractivity contribution in [3.8, 4) is 0 Å². The van der Waals surface area contributed by atoms with Crippen LogP contribution in [0.5, 0.6) is 0 Å². The minimum Gasteiger partial charge on any atom is -0.290 e. The van der Waals surface area contributed by atoms with E-state index in [1.54, 1.807) is 18.4 Å². The predicted octanol–water partition coefficient (Wildman–Crippen LogP) is 1.80. The Bertz CT molecular complexity index is 154. The standard InChI is InChI=1S/C7H10N2/c1-3-7(2)4-5-9-6-8/h3-6,8H,1H2,2H3/b7-4-,8-6?,9-5+. The molecule has 0 heterocycles. The molecule has 2 nitrogen and oxygen atoms in total. The van der Waals surface area contributed by atoms with Crippen LogP contribution < -0.4 is 0 Å². The number of allylic oxidation sites excluding steroid dienone is 3. The van der Waals surface area contributed by atoms with Gasteiger partial charge in [-0.25, -0.2) is 4.99 Å². The van der Waals surface area contributed by atoms with Crippen molar-refractivity contribution in [3.63, 3.8) is 0 Å². The van der Waals surface area contributed by atoms with E-state index in [0.29, 0.717) is 0 Å². The van der Waals surface area contributed by atoms with Crippen LogP contribution in [0.3, 0.4) is 0 Å². The third-order valence-corrected chi connectivity index (χ3v) is 0.820. The number of rotatable bonds is 3. The van der Waals surface area contributed by atoms with Gasteiger partial charge >= 0.3 is 0 Å². The van der Waals surface area contributed by atoms with Crippen molar-refractivity contribution in [1.82, 2.24) is 0 Å². The summed E-state index contributed by atoms with van der Waals surface area (Å²) in [6.07, 6.45) is 6.07. The zero-order valence-corrected chi connectivity index (χ0v) is 5.46. The van der Waals surface area contributed by atoms with Crippen molar-refractivity contribution >= 4 is 12.6 Å². The SMILES string of the molecule is C=C/C(C)=C\C=N\C=N. The Balaban J connectivity index is 3.81. The maximum atomic E-state index is 6.53. The van der Waals surface area contributed by atoms with Crippen molar-refractivity contribution in [1.29, 1.82) is 5.41 Å². The van der Waals surface area contributed by atoms with E-state index in [1.807, 2.05) is 6.92 Å². The molecule has 0 aromatic rings. The molecule has 0 aliphatic heterocycles. The monoisotopic (exact) mass is 122 g/mol. The maximum absolute atomic E-state index is 6.53. The highest BCUT2D eigenvalue weighted by Gasteiger charge is 1.71. The topological polar surface area (TPSA) is 36.2 Å². The Morgan fingerprint density at radius 2 is 2.33 bits per heavy atom. The van der Waals surface area contributed by atoms with E-state index in [2.05, 4.69) is 11.6 Å². The van der Waals surface area contributed by atoms with Gasteiger partial charge in [-0.15, -0.1) is 0 Å². The first kappa shape index (κ1) is 7.82. The van der Waals surface area contributed by atoms with E-state index in [4.69, 9.17) is 5.41 Å². The summed E-state index contributed by atoms with van der Waals surface area (Å²) in [5.41, 5.74) is 1.04. The Kier molecular flexibility index (Phi) is 4.32. The average molecular weight is 122 g/mol. The van der Waals surface area contributed by atoms with Crippen LogP contribution >= 0.6 is 0 Å². The van der Waals surface area contributed by atoms with Crippen LogP contribution in [0.15, 0.2) is 29.3 Å². The Morgan fingerprint density at radius 3 is 2.78 bits per heavy atom. The Labute approximate surface area is 55.1 Å². The molecule has 9 heavy (non-hydrogen) atoms. The quantitative estimate of drug-likeness (QED) is 0.336. The van der Waals surface area contributed by atoms with Crippen LogP contribution in [0.2, 0.25) is 0 Å². The van der Waals surface area contributed by atoms with E-state index >= 15 is 0 Å². The predicted molar refractivity (Wildman–Crippen MR) is 41.2 cm³/mol. The van der Waals surface area contributed by atoms with Crippen molar-refractivity contribution in [2.45, 2.75) is 6.92 Å². The Hall–Kier alpha value is -1.18. The second-order valence-electron chi connectivity index (χ2n) is 1.54. The summed E-state index contributed by atoms with van der Waals surface area (Å²) in [5, 5.41) is 6.53. The molecular weight excluding hydrogens is 112 g/mol. The van der Waals surface area contributed by atoms with Crippen LogP contribution in [-0.4, -0.2) is 12.6 Å². The van der Waals surface area contributed by atoms with Gasteiger partial charge in [0.25, 0.3) is 0 Å². The smallest absolute Gasteiger partial charge is 0.106 e. The van der Waals surface area contributed by atoms with Crippen molar-refractivity contribution in [2.75, 3.05) is 0 Å². The molecule has 2 heteroatoms. The molecular formula is C7H10N2. The number of nitrogens with one attached hydrogen (secondary N) is 1. The lowest BCUT2D eigenvalue weighted by Crippen LogP contribution is -1.69. The minimum absolute atomic E-state index is 0.993. The van der Waals surface area contributed by atoms with Crippen molar-refractivity contribution in [2.24, 2.45) is 4.99 Å². The van der Waals surface area contributed by atoms with Gasteiger partial charge in [0, 0.05) is 6.21 Å². The molecule has 0 saturated carbocycles. The van der Waals surface area contributed by atoms with Crippen LogP contribution in [0.4, 0.5) is 0 Å². The fourth-order valence-electron chi connectivity index (χ4n) is 0.272. The van der Waals surface area contributed by atoms with Crippen molar-refractivity contribution < 1.29 is 0 Å². The maximum Gasteiger partial charge on any atom is 0.106 e. The minimum atomic E-state index is 0.993. The van der Waals surface area contributed by atoms with E-state index in [9.17, 15) is 0 Å². The fourth-order valence-corrected chi connectivity index (χ4v) is 0.272. The van der Waals surface area contributed by atoms with Crippen LogP contribution in [0.25, 0.3) is 0 Å². The molecule has 48 valence electrons. The van der Waals surface area contributed by atoms with Crippen LogP contribution in [-0.2, 0) is 0 Å². The molecule has 0 radical (unpaired) electrons. The molecule has 0 aromatic carbocycles. The van der Waals surface area contributed by atoms with Crippen LogP contribution in [0, 0.1) is 5.41 Å². The van der Waals surface area contributed by atoms with Gasteiger partial charge in [-0.3, -0.25) is 5.41 Å². The summed E-state index contributed by atoms with van der Waals surface area (Å²) in [4.78, 5) is 3.55. The molecule has 0 spiro atoms. The first-order chi connectivity index (χ1) is 4.31. The van der Waals surface area contributed by atoms with Gasteiger partial charge in [-0.1, -0.05) is 18.2 Å². The summed E-state index contributed by atoms with van der Waals surface area (Å²) in [7, 11) is 0. The largest absolute Gasteiger partial charge is 0.290 e. The summed E-state index contributed by atoms with van der Waals surface area (Å²) in [6.45, 7) is 5.47. The third-order valence-electron chi connectivity index (χ3n) is 0.820. The lowest BCUT2D eigenvalue weighted by Gasteiger charge is -1.81. The normalized spacial score (nSPS) is 11.9. The van der Waals surface area contributed by atoms with Gasteiger partial charge in [0.1, 0.15) is 6.34 Å². The van der Waals surface area contributed by atoms with Gasteiger partial charge < -0.3 is 0 Å². The molecule has 0 atom stereocenters. The highest BCUT2D eigenvalue weighted by molar-refractivity contribution is 5.79. The zero-order chi connectivity index (χ0) is 7.11. The van der Waals surface area contributed by atoms with Crippen molar-refractivity contribution in [3.05, 3.63) is 24.3 Å². The lowest BCUT2D eigenvalue weighted by molar-refractivity contribution is 1.51. The highest BCUT2D eigenvalue weighted by Crippen LogP contribution is 1.88. The molecule has 0 aliphatic carbocycles. The molecule has 0 aliphatic rings. The van der Waals surface area contributed by atoms with E-state index in [-0.39, 0.29) is 0 Å². The number of nitrogens with zero attached hydrogens (tertiary/aromatic N) is 1. The molecule has 0 unspecified atom stereocenters. The van der Waals surface area contributed by atoms with Gasteiger partial charge in [-0.2, -0.15) is 0 Å². The van der Waals surface area contributed by atoms with Gasteiger partial charge in [0.15, 0.2) is 0 Å². The number of hydrogen-bond donors (Lipinski definition) is 1. The fraction of sp³-hybridized carbons (Fsp3) is 0.143. The molecule has 1 N–H and O–H groups in total. The molecule has 0 bridgehead atoms. The highest BCUT2D eigenvalue weighted by atomic mass is 14.7. The summed E-state index contributed by atoms with van der Waals surface area (Å²) in [5.74, 6) is 0. The summed E-state index contributed by atoms with van der Waals surface area (Å²) >= 11 is 0. The van der Waals surface area contributed by atoms with Gasteiger partial charge in [0.2, 0.25) is 0 Å². The second-order valence-corrected chi connectivity index (χ2v) is 1.54. The number of aliphatic imine (C=N–C) groups is 1. The van der Waals surface area contributed by atoms with E-state index in [0.717, 1.165) is 11.9 Å². The summed E-state index contributed by atoms with van der Waals surface area (Å²) in [6, 6.07) is 0. The molecule has 0 aromatic heterocycles. The van der Waals surface area contributed by atoms with E-state index in [1.165, 1.54) is 0 Å². The molecule has 0 saturated heterocycles. The lowest BCUT2D eigenvalue weighted by atomic mass is 10.3. The molecule has 0 rings (SSSR count). The molecule has 0 amide bonds. The first-order valence-corrected chi connectivity index (χ1v) is 2.62. The summed E-state index contributed by atoms with van der Waals surface area (Å²) < 4.78 is 0. The average Bonchev–Trinajstić information content (AvgIpc) is 1.89. The Morgan fingerprint density at radius 1 is 1.67 bits per heavy atom. The van der Waals surface area contributed by atoms with Crippen LogP contribution in [0.1, 0.15) is 6.92 Å². The van der Waals surface area contributed by atoms with Gasteiger partial charge in [-0.05, 0) is 13.0 Å². The molecule has 0 fully saturated rings. The number of hydrogen-bond acceptors (Lipinski definition) is 1. The first-order valence-electron chi connectivity index (χ1n) is 2.62. The second kappa shape index (κ2) is 4.97. The van der Waals surface area contributed by atoms with E-state index < -0.39 is 0 Å². The zero-order valence-electron chi connectivity index (χ0n) is 5.46. The van der Waals surface area contributed by atoms with Gasteiger partial charge in [0.05, 0.1) is 0 Å².